The van der Waals surface area contributed by atoms with Gasteiger partial charge in [0.25, 0.3) is 0 Å². The topological polar surface area (TPSA) is 50.5 Å². The largest absolute Gasteiger partial charge is 0.439 e. The van der Waals surface area contributed by atoms with E-state index in [2.05, 4.69) is 0 Å². The van der Waals surface area contributed by atoms with Crippen LogP contribution in [0, 0.1) is 13.8 Å². The van der Waals surface area contributed by atoms with Crippen molar-refractivity contribution in [1.29, 1.82) is 0 Å². The minimum absolute atomic E-state index is 0.0772. The highest BCUT2D eigenvalue weighted by Crippen LogP contribution is 2.32. The Morgan fingerprint density at radius 1 is 0.920 bits per heavy atom. The smallest absolute Gasteiger partial charge is 0.212 e. The molecule has 25 heavy (non-hydrogen) atoms. The molecular weight excluding hydrogens is 314 g/mol. The van der Waals surface area contributed by atoms with E-state index in [4.69, 9.17) is 4.42 Å². The molecule has 0 atom stereocenters. The maximum atomic E-state index is 13.0. The van der Waals surface area contributed by atoms with Gasteiger partial charge < -0.3 is 9.32 Å². The van der Waals surface area contributed by atoms with E-state index in [0.717, 1.165) is 16.8 Å². The number of nitrogens with zero attached hydrogens (tertiary/aromatic N) is 1. The van der Waals surface area contributed by atoms with Gasteiger partial charge in [0, 0.05) is 5.69 Å². The van der Waals surface area contributed by atoms with Gasteiger partial charge in [0.15, 0.2) is 5.78 Å². The van der Waals surface area contributed by atoms with Crippen molar-refractivity contribution in [3.05, 3.63) is 75.5 Å². The zero-order valence-corrected chi connectivity index (χ0v) is 14.1. The molecule has 4 nitrogen and oxygen atoms in total. The van der Waals surface area contributed by atoms with Crippen molar-refractivity contribution in [3.63, 3.8) is 0 Å². The molecule has 1 aliphatic rings. The van der Waals surface area contributed by atoms with Crippen LogP contribution in [0.3, 0.4) is 0 Å². The number of aryl methyl sites for hydroxylation is 2. The lowest BCUT2D eigenvalue weighted by molar-refractivity contribution is -0.113. The van der Waals surface area contributed by atoms with E-state index in [1.54, 1.807) is 17.0 Å². The van der Waals surface area contributed by atoms with E-state index < -0.39 is 0 Å². The molecule has 0 spiro atoms. The molecule has 0 saturated heterocycles. The van der Waals surface area contributed by atoms with E-state index in [0.29, 0.717) is 22.4 Å². The molecule has 124 valence electrons. The Labute approximate surface area is 145 Å². The van der Waals surface area contributed by atoms with E-state index in [1.807, 2.05) is 50.2 Å². The fourth-order valence-corrected chi connectivity index (χ4v) is 3.05. The van der Waals surface area contributed by atoms with Crippen LogP contribution < -0.4 is 10.3 Å². The van der Waals surface area contributed by atoms with Crippen molar-refractivity contribution in [1.82, 2.24) is 0 Å². The molecule has 2 aromatic carbocycles. The number of anilines is 2. The lowest BCUT2D eigenvalue weighted by Gasteiger charge is -2.22. The van der Waals surface area contributed by atoms with Gasteiger partial charge in [0.2, 0.25) is 11.3 Å². The molecule has 0 saturated carbocycles. The number of rotatable bonds is 1. The third-order valence-corrected chi connectivity index (χ3v) is 4.40. The summed E-state index contributed by atoms with van der Waals surface area (Å²) in [5.74, 6) is 0.332. The predicted molar refractivity (Wildman–Crippen MR) is 99.4 cm³/mol. The summed E-state index contributed by atoms with van der Waals surface area (Å²) in [5, 5.41) is 0.529. The first-order valence-electron chi connectivity index (χ1n) is 8.15. The zero-order chi connectivity index (χ0) is 17.6. The standard InChI is InChI=1S/C21H17NO3/c1-13-3-6-15(7-4-13)22-12-16(23)8-9-17-20(24)18-11-14(2)5-10-19(18)25-21(17)22/h3-11H,12H2,1-2H3. The van der Waals surface area contributed by atoms with Gasteiger partial charge in [0.1, 0.15) is 5.58 Å². The Hall–Kier alpha value is -3.14. The van der Waals surface area contributed by atoms with Gasteiger partial charge in [-0.25, -0.2) is 0 Å². The summed E-state index contributed by atoms with van der Waals surface area (Å²) in [6.45, 7) is 4.07. The molecule has 1 aliphatic heterocycles. The van der Waals surface area contributed by atoms with Gasteiger partial charge in [-0.15, -0.1) is 0 Å². The van der Waals surface area contributed by atoms with Crippen LogP contribution >= 0.6 is 0 Å². The molecule has 0 unspecified atom stereocenters. The Balaban J connectivity index is 2.01. The van der Waals surface area contributed by atoms with Crippen LogP contribution in [0.5, 0.6) is 0 Å². The normalized spacial score (nSPS) is 13.8. The lowest BCUT2D eigenvalue weighted by atomic mass is 10.1. The van der Waals surface area contributed by atoms with Crippen LogP contribution in [0.2, 0.25) is 0 Å². The van der Waals surface area contributed by atoms with Crippen molar-refractivity contribution in [2.45, 2.75) is 13.8 Å². The molecule has 0 radical (unpaired) electrons. The van der Waals surface area contributed by atoms with Gasteiger partial charge in [0.05, 0.1) is 17.5 Å². The molecule has 3 aromatic rings. The molecular formula is C21H17NO3. The van der Waals surface area contributed by atoms with Gasteiger partial charge in [-0.05, 0) is 50.3 Å². The minimum Gasteiger partial charge on any atom is -0.439 e. The van der Waals surface area contributed by atoms with Gasteiger partial charge in [-0.3, -0.25) is 9.59 Å². The second-order valence-corrected chi connectivity index (χ2v) is 6.37. The quantitative estimate of drug-likeness (QED) is 0.672. The average molecular weight is 331 g/mol. The number of ketones is 1. The van der Waals surface area contributed by atoms with E-state index >= 15 is 0 Å². The van der Waals surface area contributed by atoms with E-state index in [-0.39, 0.29) is 17.8 Å². The van der Waals surface area contributed by atoms with Crippen molar-refractivity contribution in [3.8, 4) is 0 Å². The first kappa shape index (κ1) is 15.4. The molecule has 1 aromatic heterocycles. The minimum atomic E-state index is -0.122. The Morgan fingerprint density at radius 2 is 1.64 bits per heavy atom. The van der Waals surface area contributed by atoms with E-state index in [1.165, 1.54) is 6.08 Å². The SMILES string of the molecule is Cc1ccc(N2CC(=O)C=Cc3c2oc2ccc(C)cc2c3=O)cc1. The van der Waals surface area contributed by atoms with Crippen LogP contribution in [-0.4, -0.2) is 12.3 Å². The Morgan fingerprint density at radius 3 is 2.40 bits per heavy atom. The van der Waals surface area contributed by atoms with Crippen molar-refractivity contribution >= 4 is 34.4 Å². The summed E-state index contributed by atoms with van der Waals surface area (Å²) >= 11 is 0. The molecule has 4 rings (SSSR count). The van der Waals surface area contributed by atoms with Crippen LogP contribution in [0.15, 0.2) is 57.8 Å². The molecule has 0 aliphatic carbocycles. The Kier molecular flexibility index (Phi) is 3.53. The van der Waals surface area contributed by atoms with Gasteiger partial charge >= 0.3 is 0 Å². The summed E-state index contributed by atoms with van der Waals surface area (Å²) in [7, 11) is 0. The fourth-order valence-electron chi connectivity index (χ4n) is 3.05. The second-order valence-electron chi connectivity index (χ2n) is 6.37. The number of hydrogen-bond acceptors (Lipinski definition) is 4. The first-order chi connectivity index (χ1) is 12.0. The van der Waals surface area contributed by atoms with Gasteiger partial charge in [-0.1, -0.05) is 29.3 Å². The predicted octanol–water partition coefficient (Wildman–Crippen LogP) is 4.14. The summed E-state index contributed by atoms with van der Waals surface area (Å²) in [5.41, 5.74) is 3.74. The number of benzene rings is 2. The van der Waals surface area contributed by atoms with Crippen molar-refractivity contribution < 1.29 is 9.21 Å². The summed E-state index contributed by atoms with van der Waals surface area (Å²) in [4.78, 5) is 26.9. The van der Waals surface area contributed by atoms with Crippen LogP contribution in [0.4, 0.5) is 11.6 Å². The molecule has 0 bridgehead atoms. The van der Waals surface area contributed by atoms with Crippen LogP contribution in [0.1, 0.15) is 16.7 Å². The summed E-state index contributed by atoms with van der Waals surface area (Å²) in [6, 6.07) is 13.3. The lowest BCUT2D eigenvalue weighted by Crippen LogP contribution is -2.24. The maximum Gasteiger partial charge on any atom is 0.212 e. The van der Waals surface area contributed by atoms with Crippen molar-refractivity contribution in [2.75, 3.05) is 11.4 Å². The average Bonchev–Trinajstić information content (AvgIpc) is 2.76. The third-order valence-electron chi connectivity index (χ3n) is 4.40. The number of carbonyl (C=O) groups is 1. The second kappa shape index (κ2) is 5.74. The molecule has 4 heteroatoms. The van der Waals surface area contributed by atoms with Crippen LogP contribution in [-0.2, 0) is 4.79 Å². The first-order valence-corrected chi connectivity index (χ1v) is 8.15. The highest BCUT2D eigenvalue weighted by Gasteiger charge is 2.24. The molecule has 0 amide bonds. The van der Waals surface area contributed by atoms with E-state index in [9.17, 15) is 9.59 Å². The Bertz CT molecular complexity index is 1070. The molecule has 0 fully saturated rings. The fraction of sp³-hybridized carbons (Fsp3) is 0.143. The van der Waals surface area contributed by atoms with Crippen molar-refractivity contribution in [2.24, 2.45) is 0 Å². The molecule has 0 N–H and O–H groups in total. The highest BCUT2D eigenvalue weighted by molar-refractivity contribution is 6.01. The highest BCUT2D eigenvalue weighted by atomic mass is 16.4. The third kappa shape index (κ3) is 2.66. The summed E-state index contributed by atoms with van der Waals surface area (Å²) in [6.07, 6.45) is 3.02. The van der Waals surface area contributed by atoms with Gasteiger partial charge in [-0.2, -0.15) is 0 Å². The molecule has 2 heterocycles. The van der Waals surface area contributed by atoms with Crippen LogP contribution in [0.25, 0.3) is 17.0 Å². The monoisotopic (exact) mass is 331 g/mol. The maximum absolute atomic E-state index is 13.0. The number of carbonyl (C=O) groups excluding carboxylic acids is 1. The number of hydrogen-bond donors (Lipinski definition) is 0. The summed E-state index contributed by atoms with van der Waals surface area (Å²) < 4.78 is 6.07. The zero-order valence-electron chi connectivity index (χ0n) is 14.1. The number of fused-ring (bicyclic) bond motifs is 2.